The summed E-state index contributed by atoms with van der Waals surface area (Å²) >= 11 is 0. The molecular weight excluding hydrogens is 226 g/mol. The summed E-state index contributed by atoms with van der Waals surface area (Å²) in [5, 5.41) is 2.98. The first-order valence-corrected chi connectivity index (χ1v) is 6.47. The maximum atomic E-state index is 11.1. The second kappa shape index (κ2) is 5.98. The Bertz CT molecular complexity index is 393. The van der Waals surface area contributed by atoms with Crippen LogP contribution < -0.4 is 11.1 Å². The molecule has 2 atom stereocenters. The van der Waals surface area contributed by atoms with E-state index in [0.717, 1.165) is 19.5 Å². The lowest BCUT2D eigenvalue weighted by atomic mass is 10.1. The molecule has 0 bridgehead atoms. The van der Waals surface area contributed by atoms with Gasteiger partial charge in [-0.15, -0.1) is 0 Å². The van der Waals surface area contributed by atoms with Crippen LogP contribution in [0.3, 0.4) is 0 Å². The number of hydrogen-bond acceptors (Lipinski definition) is 3. The fourth-order valence-corrected chi connectivity index (χ4v) is 2.65. The van der Waals surface area contributed by atoms with Crippen LogP contribution in [0.25, 0.3) is 0 Å². The third kappa shape index (κ3) is 3.09. The molecule has 1 aliphatic heterocycles. The molecule has 0 radical (unpaired) electrons. The highest BCUT2D eigenvalue weighted by atomic mass is 16.1. The summed E-state index contributed by atoms with van der Waals surface area (Å²) < 4.78 is 0. The zero-order valence-electron chi connectivity index (χ0n) is 10.8. The van der Waals surface area contributed by atoms with Gasteiger partial charge in [0.1, 0.15) is 0 Å². The molecule has 2 unspecified atom stereocenters. The number of nitrogens with one attached hydrogen (secondary N) is 1. The first kappa shape index (κ1) is 13.1. The van der Waals surface area contributed by atoms with Crippen molar-refractivity contribution in [3.8, 4) is 0 Å². The lowest BCUT2D eigenvalue weighted by Crippen LogP contribution is -2.38. The number of hydrogen-bond donors (Lipinski definition) is 2. The van der Waals surface area contributed by atoms with Gasteiger partial charge in [-0.2, -0.15) is 0 Å². The van der Waals surface area contributed by atoms with Gasteiger partial charge < -0.3 is 11.1 Å². The van der Waals surface area contributed by atoms with Crippen LogP contribution in [0.2, 0.25) is 0 Å². The molecule has 1 aliphatic rings. The first-order chi connectivity index (χ1) is 8.70. The van der Waals surface area contributed by atoms with E-state index in [1.165, 1.54) is 5.56 Å². The average Bonchev–Trinajstić information content (AvgIpc) is 2.79. The van der Waals surface area contributed by atoms with E-state index < -0.39 is 0 Å². The van der Waals surface area contributed by atoms with E-state index in [4.69, 9.17) is 5.73 Å². The molecular formula is C14H21N3O. The van der Waals surface area contributed by atoms with Gasteiger partial charge in [0.25, 0.3) is 0 Å². The van der Waals surface area contributed by atoms with Gasteiger partial charge in [-0.25, -0.2) is 0 Å². The summed E-state index contributed by atoms with van der Waals surface area (Å²) in [5.74, 6) is 0.0471. The third-order valence-electron chi connectivity index (χ3n) is 3.48. The van der Waals surface area contributed by atoms with Gasteiger partial charge in [-0.1, -0.05) is 30.3 Å². The minimum Gasteiger partial charge on any atom is -0.352 e. The van der Waals surface area contributed by atoms with E-state index in [1.807, 2.05) is 18.2 Å². The van der Waals surface area contributed by atoms with Crippen molar-refractivity contribution in [2.75, 3.05) is 19.6 Å². The molecule has 0 aromatic heterocycles. The van der Waals surface area contributed by atoms with Crippen molar-refractivity contribution < 1.29 is 4.79 Å². The Balaban J connectivity index is 2.00. The molecule has 0 saturated carbocycles. The normalized spacial score (nSPS) is 21.8. The molecule has 1 saturated heterocycles. The zero-order chi connectivity index (χ0) is 13.0. The highest BCUT2D eigenvalue weighted by molar-refractivity contribution is 5.73. The number of carbonyl (C=O) groups excluding carboxylic acids is 1. The van der Waals surface area contributed by atoms with Gasteiger partial charge >= 0.3 is 0 Å². The highest BCUT2D eigenvalue weighted by Crippen LogP contribution is 2.24. The standard InChI is InChI=1S/C14H21N3O/c1-11(18)16-13-7-8-17(10-13)14(9-15)12-5-3-2-4-6-12/h2-6,13-14H,7-10,15H2,1H3,(H,16,18). The molecule has 98 valence electrons. The minimum absolute atomic E-state index is 0.0471. The number of likely N-dealkylation sites (tertiary alicyclic amines) is 1. The SMILES string of the molecule is CC(=O)NC1CCN(C(CN)c2ccccc2)C1. The summed E-state index contributed by atoms with van der Waals surface area (Å²) in [7, 11) is 0. The number of nitrogens with zero attached hydrogens (tertiary/aromatic N) is 1. The molecule has 1 amide bonds. The Kier molecular flexibility index (Phi) is 4.33. The predicted molar refractivity (Wildman–Crippen MR) is 72.0 cm³/mol. The number of nitrogens with two attached hydrogens (primary N) is 1. The summed E-state index contributed by atoms with van der Waals surface area (Å²) in [6.07, 6.45) is 1.00. The van der Waals surface area contributed by atoms with Crippen LogP contribution in [0.1, 0.15) is 24.9 Å². The van der Waals surface area contributed by atoms with Crippen molar-refractivity contribution in [2.45, 2.75) is 25.4 Å². The summed E-state index contributed by atoms with van der Waals surface area (Å²) in [6, 6.07) is 10.8. The molecule has 4 heteroatoms. The molecule has 1 fully saturated rings. The topological polar surface area (TPSA) is 58.4 Å². The van der Waals surface area contributed by atoms with Crippen LogP contribution >= 0.6 is 0 Å². The first-order valence-electron chi connectivity index (χ1n) is 6.47. The molecule has 3 N–H and O–H groups in total. The second-order valence-corrected chi connectivity index (χ2v) is 4.84. The molecule has 0 aliphatic carbocycles. The fourth-order valence-electron chi connectivity index (χ4n) is 2.65. The maximum Gasteiger partial charge on any atom is 0.217 e. The molecule has 1 aromatic rings. The van der Waals surface area contributed by atoms with Crippen molar-refractivity contribution in [1.82, 2.24) is 10.2 Å². The van der Waals surface area contributed by atoms with E-state index in [-0.39, 0.29) is 18.0 Å². The molecule has 18 heavy (non-hydrogen) atoms. The number of amides is 1. The Labute approximate surface area is 108 Å². The Morgan fingerprint density at radius 2 is 2.22 bits per heavy atom. The van der Waals surface area contributed by atoms with Crippen LogP contribution in [-0.4, -0.2) is 36.5 Å². The number of rotatable bonds is 4. The van der Waals surface area contributed by atoms with E-state index in [9.17, 15) is 4.79 Å². The fraction of sp³-hybridized carbons (Fsp3) is 0.500. The Morgan fingerprint density at radius 3 is 2.83 bits per heavy atom. The Morgan fingerprint density at radius 1 is 1.50 bits per heavy atom. The molecule has 1 heterocycles. The Hall–Kier alpha value is -1.39. The van der Waals surface area contributed by atoms with Crippen LogP contribution in [0.15, 0.2) is 30.3 Å². The van der Waals surface area contributed by atoms with Gasteiger partial charge in [0.05, 0.1) is 0 Å². The van der Waals surface area contributed by atoms with Crippen molar-refractivity contribution in [3.63, 3.8) is 0 Å². The number of carbonyl (C=O) groups is 1. The third-order valence-corrected chi connectivity index (χ3v) is 3.48. The monoisotopic (exact) mass is 247 g/mol. The maximum absolute atomic E-state index is 11.1. The molecule has 4 nitrogen and oxygen atoms in total. The summed E-state index contributed by atoms with van der Waals surface area (Å²) in [5.41, 5.74) is 7.16. The molecule has 1 aromatic carbocycles. The second-order valence-electron chi connectivity index (χ2n) is 4.84. The van der Waals surface area contributed by atoms with Gasteiger partial charge in [0.15, 0.2) is 0 Å². The predicted octanol–water partition coefficient (Wildman–Crippen LogP) is 0.897. The van der Waals surface area contributed by atoms with Crippen LogP contribution in [-0.2, 0) is 4.79 Å². The zero-order valence-corrected chi connectivity index (χ0v) is 10.8. The van der Waals surface area contributed by atoms with Crippen molar-refractivity contribution in [2.24, 2.45) is 5.73 Å². The quantitative estimate of drug-likeness (QED) is 0.831. The van der Waals surface area contributed by atoms with Gasteiger partial charge in [-0.05, 0) is 12.0 Å². The number of benzene rings is 1. The van der Waals surface area contributed by atoms with E-state index >= 15 is 0 Å². The molecule has 2 rings (SSSR count). The van der Waals surface area contributed by atoms with Gasteiger partial charge in [-0.3, -0.25) is 9.69 Å². The smallest absolute Gasteiger partial charge is 0.217 e. The largest absolute Gasteiger partial charge is 0.352 e. The van der Waals surface area contributed by atoms with E-state index in [2.05, 4.69) is 22.3 Å². The average molecular weight is 247 g/mol. The van der Waals surface area contributed by atoms with Crippen molar-refractivity contribution in [3.05, 3.63) is 35.9 Å². The minimum atomic E-state index is 0.0471. The van der Waals surface area contributed by atoms with Crippen LogP contribution in [0.5, 0.6) is 0 Å². The lowest BCUT2D eigenvalue weighted by Gasteiger charge is -2.27. The summed E-state index contributed by atoms with van der Waals surface area (Å²) in [6.45, 7) is 4.05. The highest BCUT2D eigenvalue weighted by Gasteiger charge is 2.28. The van der Waals surface area contributed by atoms with Crippen molar-refractivity contribution >= 4 is 5.91 Å². The van der Waals surface area contributed by atoms with Gasteiger partial charge in [0, 0.05) is 38.6 Å². The van der Waals surface area contributed by atoms with Gasteiger partial charge in [0.2, 0.25) is 5.91 Å². The molecule has 0 spiro atoms. The van der Waals surface area contributed by atoms with E-state index in [1.54, 1.807) is 6.92 Å². The van der Waals surface area contributed by atoms with Crippen LogP contribution in [0, 0.1) is 0 Å². The van der Waals surface area contributed by atoms with Crippen molar-refractivity contribution in [1.29, 1.82) is 0 Å². The summed E-state index contributed by atoms with van der Waals surface area (Å²) in [4.78, 5) is 13.4. The lowest BCUT2D eigenvalue weighted by molar-refractivity contribution is -0.119. The van der Waals surface area contributed by atoms with Crippen LogP contribution in [0.4, 0.5) is 0 Å². The van der Waals surface area contributed by atoms with E-state index in [0.29, 0.717) is 6.54 Å².